The molecule has 1 aromatic carbocycles. The summed E-state index contributed by atoms with van der Waals surface area (Å²) in [6.07, 6.45) is 4.53. The van der Waals surface area contributed by atoms with Gasteiger partial charge < -0.3 is 20.4 Å². The van der Waals surface area contributed by atoms with E-state index in [4.69, 9.17) is 16.3 Å². The number of carbonyl (C=O) groups is 3. The fraction of sp³-hybridized carbons (Fsp3) is 0.444. The maximum absolute atomic E-state index is 13.1. The first-order chi connectivity index (χ1) is 18.1. The number of aromatic amines is 1. The van der Waals surface area contributed by atoms with Crippen LogP contribution in [-0.4, -0.2) is 55.4 Å². The van der Waals surface area contributed by atoms with Crippen molar-refractivity contribution in [3.8, 4) is 0 Å². The summed E-state index contributed by atoms with van der Waals surface area (Å²) in [5, 5.41) is 7.56. The number of amides is 3. The first-order valence-electron chi connectivity index (χ1n) is 12.8. The zero-order valence-electron chi connectivity index (χ0n) is 21.6. The van der Waals surface area contributed by atoms with E-state index in [1.54, 1.807) is 24.4 Å². The Morgan fingerprint density at radius 1 is 1.05 bits per heavy atom. The van der Waals surface area contributed by atoms with Crippen LogP contribution in [0.1, 0.15) is 78.8 Å². The van der Waals surface area contributed by atoms with Crippen LogP contribution in [0.2, 0.25) is 5.02 Å². The highest BCUT2D eigenvalue weighted by molar-refractivity contribution is 6.31. The molecule has 0 bridgehead atoms. The minimum Gasteiger partial charge on any atom is -0.444 e. The van der Waals surface area contributed by atoms with E-state index in [0.717, 1.165) is 42.1 Å². The van der Waals surface area contributed by atoms with Crippen LogP contribution in [0.4, 0.5) is 4.79 Å². The number of aromatic nitrogens is 3. The Morgan fingerprint density at radius 3 is 2.47 bits per heavy atom. The van der Waals surface area contributed by atoms with E-state index in [-0.39, 0.29) is 30.4 Å². The van der Waals surface area contributed by atoms with Gasteiger partial charge in [0, 0.05) is 39.8 Å². The quantitative estimate of drug-likeness (QED) is 0.453. The average Bonchev–Trinajstić information content (AvgIpc) is 3.47. The number of nitrogens with zero attached hydrogens (tertiary/aromatic N) is 3. The summed E-state index contributed by atoms with van der Waals surface area (Å²) in [5.41, 5.74) is 2.08. The van der Waals surface area contributed by atoms with Gasteiger partial charge in [0.15, 0.2) is 0 Å². The molecule has 0 radical (unpaired) electrons. The van der Waals surface area contributed by atoms with E-state index in [2.05, 4.69) is 25.6 Å². The summed E-state index contributed by atoms with van der Waals surface area (Å²) in [7, 11) is 0. The predicted molar refractivity (Wildman–Crippen MR) is 142 cm³/mol. The molecule has 38 heavy (non-hydrogen) atoms. The number of ether oxygens (including phenoxy) is 1. The van der Waals surface area contributed by atoms with Crippen molar-refractivity contribution in [3.05, 3.63) is 58.3 Å². The Labute approximate surface area is 225 Å². The SMILES string of the molecule is CC(C)(C)OC(=O)N1Cc2cnc(C(=O)N[C@H]3CCCC[C@H]3NC(=O)c3cc4cc(Cl)ccc4[nH]3)nc2C1. The van der Waals surface area contributed by atoms with E-state index in [1.165, 1.54) is 4.90 Å². The fourth-order valence-corrected chi connectivity index (χ4v) is 5.08. The van der Waals surface area contributed by atoms with E-state index in [9.17, 15) is 14.4 Å². The molecule has 1 aliphatic carbocycles. The maximum atomic E-state index is 13.1. The molecule has 11 heteroatoms. The molecule has 0 unspecified atom stereocenters. The van der Waals surface area contributed by atoms with Gasteiger partial charge in [0.1, 0.15) is 11.3 Å². The van der Waals surface area contributed by atoms with Crippen LogP contribution in [0.25, 0.3) is 10.9 Å². The number of benzene rings is 1. The molecule has 200 valence electrons. The summed E-state index contributed by atoms with van der Waals surface area (Å²) in [5.74, 6) is -0.604. The van der Waals surface area contributed by atoms with Crippen molar-refractivity contribution >= 4 is 40.4 Å². The Kier molecular flexibility index (Phi) is 7.00. The third-order valence-electron chi connectivity index (χ3n) is 6.74. The molecule has 1 fully saturated rings. The second kappa shape index (κ2) is 10.2. The van der Waals surface area contributed by atoms with Gasteiger partial charge in [-0.15, -0.1) is 0 Å². The fourth-order valence-electron chi connectivity index (χ4n) is 4.90. The summed E-state index contributed by atoms with van der Waals surface area (Å²) >= 11 is 6.07. The zero-order valence-corrected chi connectivity index (χ0v) is 22.4. The molecule has 0 saturated heterocycles. The second-order valence-electron chi connectivity index (χ2n) is 10.9. The van der Waals surface area contributed by atoms with Crippen molar-refractivity contribution < 1.29 is 19.1 Å². The van der Waals surface area contributed by atoms with Gasteiger partial charge in [-0.2, -0.15) is 0 Å². The second-order valence-corrected chi connectivity index (χ2v) is 11.3. The number of fused-ring (bicyclic) bond motifs is 2. The molecule has 3 aromatic rings. The maximum Gasteiger partial charge on any atom is 0.410 e. The van der Waals surface area contributed by atoms with Gasteiger partial charge in [0.05, 0.1) is 18.8 Å². The van der Waals surface area contributed by atoms with Crippen LogP contribution in [0.5, 0.6) is 0 Å². The number of hydrogen-bond donors (Lipinski definition) is 3. The standard InChI is InChI=1S/C27H31ClN6O4/c1-27(2,3)38-26(37)34-13-16-12-29-23(31-22(16)14-34)25(36)33-20-7-5-4-6-19(20)32-24(35)21-11-15-10-17(28)8-9-18(15)30-21/h8-12,19-20,30H,4-7,13-14H2,1-3H3,(H,32,35)(H,33,36)/t19-,20+/m1/s1. The smallest absolute Gasteiger partial charge is 0.410 e. The molecule has 2 atom stereocenters. The van der Waals surface area contributed by atoms with Gasteiger partial charge in [-0.3, -0.25) is 14.5 Å². The van der Waals surface area contributed by atoms with E-state index in [1.807, 2.05) is 26.8 Å². The lowest BCUT2D eigenvalue weighted by Gasteiger charge is -2.32. The third-order valence-corrected chi connectivity index (χ3v) is 6.97. The molecule has 1 aliphatic heterocycles. The first kappa shape index (κ1) is 26.0. The highest BCUT2D eigenvalue weighted by Gasteiger charge is 2.32. The summed E-state index contributed by atoms with van der Waals surface area (Å²) in [6, 6.07) is 6.69. The molecule has 2 aliphatic rings. The average molecular weight is 539 g/mol. The van der Waals surface area contributed by atoms with Crippen LogP contribution in [-0.2, 0) is 17.8 Å². The number of hydrogen-bond acceptors (Lipinski definition) is 6. The van der Waals surface area contributed by atoms with Gasteiger partial charge >= 0.3 is 6.09 Å². The largest absolute Gasteiger partial charge is 0.444 e. The van der Waals surface area contributed by atoms with Crippen LogP contribution >= 0.6 is 11.6 Å². The molecule has 1 saturated carbocycles. The normalized spacial score (nSPS) is 19.2. The Morgan fingerprint density at radius 2 is 1.76 bits per heavy atom. The van der Waals surface area contributed by atoms with Crippen LogP contribution in [0, 0.1) is 0 Å². The van der Waals surface area contributed by atoms with Crippen molar-refractivity contribution in [2.45, 2.75) is 77.2 Å². The number of nitrogens with one attached hydrogen (secondary N) is 3. The van der Waals surface area contributed by atoms with Gasteiger partial charge in [-0.05, 0) is 57.9 Å². The Balaban J connectivity index is 1.23. The molecule has 2 aromatic heterocycles. The lowest BCUT2D eigenvalue weighted by molar-refractivity contribution is 0.0240. The first-order valence-corrected chi connectivity index (χ1v) is 13.2. The third kappa shape index (κ3) is 5.75. The molecular weight excluding hydrogens is 508 g/mol. The minimum atomic E-state index is -0.601. The van der Waals surface area contributed by atoms with Gasteiger partial charge in [-0.25, -0.2) is 14.8 Å². The lowest BCUT2D eigenvalue weighted by atomic mass is 9.90. The summed E-state index contributed by atoms with van der Waals surface area (Å²) < 4.78 is 5.45. The van der Waals surface area contributed by atoms with Crippen molar-refractivity contribution in [2.24, 2.45) is 0 Å². The Bertz CT molecular complexity index is 1400. The highest BCUT2D eigenvalue weighted by atomic mass is 35.5. The summed E-state index contributed by atoms with van der Waals surface area (Å²) in [4.78, 5) is 51.9. The van der Waals surface area contributed by atoms with Gasteiger partial charge in [0.25, 0.3) is 11.8 Å². The van der Waals surface area contributed by atoms with E-state index < -0.39 is 17.6 Å². The van der Waals surface area contributed by atoms with E-state index >= 15 is 0 Å². The number of carbonyl (C=O) groups excluding carboxylic acids is 3. The number of halogens is 1. The van der Waals surface area contributed by atoms with Crippen molar-refractivity contribution in [1.29, 1.82) is 0 Å². The summed E-state index contributed by atoms with van der Waals surface area (Å²) in [6.45, 7) is 6.03. The molecule has 3 amide bonds. The number of rotatable bonds is 4. The molecule has 10 nitrogen and oxygen atoms in total. The monoisotopic (exact) mass is 538 g/mol. The zero-order chi connectivity index (χ0) is 27.0. The van der Waals surface area contributed by atoms with Crippen LogP contribution in [0.15, 0.2) is 30.5 Å². The highest BCUT2D eigenvalue weighted by Crippen LogP contribution is 2.24. The van der Waals surface area contributed by atoms with E-state index in [0.29, 0.717) is 23.0 Å². The van der Waals surface area contributed by atoms with Crippen LogP contribution < -0.4 is 10.6 Å². The molecule has 3 N–H and O–H groups in total. The molecule has 0 spiro atoms. The molecule has 3 heterocycles. The topological polar surface area (TPSA) is 129 Å². The van der Waals surface area contributed by atoms with Crippen LogP contribution in [0.3, 0.4) is 0 Å². The minimum absolute atomic E-state index is 0.0398. The molecule has 5 rings (SSSR count). The predicted octanol–water partition coefficient (Wildman–Crippen LogP) is 4.33. The van der Waals surface area contributed by atoms with Crippen molar-refractivity contribution in [1.82, 2.24) is 30.5 Å². The number of H-pyrrole nitrogens is 1. The lowest BCUT2D eigenvalue weighted by Crippen LogP contribution is -2.53. The Hall–Kier alpha value is -3.66. The van der Waals surface area contributed by atoms with Crippen molar-refractivity contribution in [3.63, 3.8) is 0 Å². The molecular formula is C27H31ClN6O4. The van der Waals surface area contributed by atoms with Gasteiger partial charge in [-0.1, -0.05) is 24.4 Å². The van der Waals surface area contributed by atoms with Gasteiger partial charge in [0.2, 0.25) is 5.82 Å². The van der Waals surface area contributed by atoms with Crippen molar-refractivity contribution in [2.75, 3.05) is 0 Å².